The van der Waals surface area contributed by atoms with Crippen LogP contribution < -0.4 is 10.9 Å². The molecule has 0 bridgehead atoms. The summed E-state index contributed by atoms with van der Waals surface area (Å²) in [6.07, 6.45) is 5.50. The van der Waals surface area contributed by atoms with Gasteiger partial charge in [-0.1, -0.05) is 18.0 Å². The molecule has 0 aliphatic heterocycles. The molecule has 0 saturated heterocycles. The zero-order valence-electron chi connectivity index (χ0n) is 12.2. The molecule has 1 aliphatic carbocycles. The van der Waals surface area contributed by atoms with Crippen molar-refractivity contribution in [1.29, 1.82) is 0 Å². The van der Waals surface area contributed by atoms with Crippen molar-refractivity contribution in [3.63, 3.8) is 0 Å². The number of aliphatic hydroxyl groups is 1. The molecule has 0 aromatic carbocycles. The highest BCUT2D eigenvalue weighted by atomic mass is 35.5. The van der Waals surface area contributed by atoms with Gasteiger partial charge in [0.2, 0.25) is 0 Å². The first-order valence-corrected chi connectivity index (χ1v) is 7.65. The fraction of sp³-hybridized carbons (Fsp3) is 0.714. The van der Waals surface area contributed by atoms with Gasteiger partial charge in [0.1, 0.15) is 5.69 Å². The maximum atomic E-state index is 12.5. The van der Waals surface area contributed by atoms with Crippen molar-refractivity contribution >= 4 is 17.3 Å². The topological polar surface area (TPSA) is 76.4 Å². The number of halogens is 1. The van der Waals surface area contributed by atoms with E-state index in [9.17, 15) is 4.79 Å². The number of methoxy groups -OCH3 is 1. The maximum absolute atomic E-state index is 12.5. The Morgan fingerprint density at radius 1 is 1.62 bits per heavy atom. The van der Waals surface area contributed by atoms with Gasteiger partial charge in [-0.25, -0.2) is 4.68 Å². The first kappa shape index (κ1) is 16.3. The fourth-order valence-corrected chi connectivity index (χ4v) is 2.59. The van der Waals surface area contributed by atoms with E-state index in [1.165, 1.54) is 17.3 Å². The molecule has 0 amide bonds. The van der Waals surface area contributed by atoms with E-state index in [4.69, 9.17) is 21.4 Å². The lowest BCUT2D eigenvalue weighted by atomic mass is 9.85. The van der Waals surface area contributed by atoms with E-state index in [0.29, 0.717) is 36.2 Å². The minimum absolute atomic E-state index is 0.0139. The summed E-state index contributed by atoms with van der Waals surface area (Å²) in [6.45, 7) is 1.04. The second kappa shape index (κ2) is 7.77. The van der Waals surface area contributed by atoms with Crippen molar-refractivity contribution < 1.29 is 9.84 Å². The minimum atomic E-state index is -0.214. The molecule has 2 N–H and O–H groups in total. The van der Waals surface area contributed by atoms with E-state index >= 15 is 0 Å². The molecule has 0 spiro atoms. The highest BCUT2D eigenvalue weighted by Crippen LogP contribution is 2.27. The first-order valence-electron chi connectivity index (χ1n) is 7.27. The average molecular weight is 316 g/mol. The number of anilines is 1. The monoisotopic (exact) mass is 315 g/mol. The molecule has 1 heterocycles. The normalized spacial score (nSPS) is 16.5. The van der Waals surface area contributed by atoms with E-state index < -0.39 is 0 Å². The summed E-state index contributed by atoms with van der Waals surface area (Å²) in [7, 11) is 1.58. The van der Waals surface area contributed by atoms with Crippen molar-refractivity contribution in [1.82, 2.24) is 9.78 Å². The van der Waals surface area contributed by atoms with Crippen LogP contribution in [0.15, 0.2) is 11.0 Å². The van der Waals surface area contributed by atoms with Crippen LogP contribution in [0.1, 0.15) is 25.7 Å². The third-order valence-corrected chi connectivity index (χ3v) is 4.13. The van der Waals surface area contributed by atoms with E-state index in [0.717, 1.165) is 12.8 Å². The lowest BCUT2D eigenvalue weighted by molar-refractivity contribution is 0.170. The van der Waals surface area contributed by atoms with Gasteiger partial charge in [0, 0.05) is 20.3 Å². The Morgan fingerprint density at radius 3 is 2.95 bits per heavy atom. The molecule has 0 radical (unpaired) electrons. The number of nitrogens with one attached hydrogen (secondary N) is 1. The van der Waals surface area contributed by atoms with Crippen LogP contribution in [-0.2, 0) is 11.3 Å². The molecular formula is C14H22ClN3O3. The molecule has 2 rings (SSSR count). The van der Waals surface area contributed by atoms with Crippen LogP contribution in [0.25, 0.3) is 0 Å². The molecule has 21 heavy (non-hydrogen) atoms. The standard InChI is InChI=1S/C14H22ClN3O3/c1-21-9-11(5-6-19)17-13-12(15)7-16-18(14(13)20)8-10-3-2-4-10/h7,10-11,17,19H,2-6,8-9H2,1H3. The van der Waals surface area contributed by atoms with Crippen LogP contribution in [0.2, 0.25) is 5.02 Å². The van der Waals surface area contributed by atoms with Crippen molar-refractivity contribution in [2.45, 2.75) is 38.3 Å². The smallest absolute Gasteiger partial charge is 0.291 e. The second-order valence-corrected chi connectivity index (χ2v) is 5.87. The molecule has 1 fully saturated rings. The van der Waals surface area contributed by atoms with Gasteiger partial charge in [-0.3, -0.25) is 4.79 Å². The Hall–Kier alpha value is -1.11. The summed E-state index contributed by atoms with van der Waals surface area (Å²) < 4.78 is 6.56. The first-order chi connectivity index (χ1) is 10.2. The fourth-order valence-electron chi connectivity index (χ4n) is 2.41. The van der Waals surface area contributed by atoms with Crippen LogP contribution in [-0.4, -0.2) is 41.3 Å². The number of aliphatic hydroxyl groups excluding tert-OH is 1. The molecule has 1 aromatic heterocycles. The lowest BCUT2D eigenvalue weighted by Gasteiger charge is -2.26. The molecule has 118 valence electrons. The van der Waals surface area contributed by atoms with Crippen molar-refractivity contribution in [3.05, 3.63) is 21.6 Å². The van der Waals surface area contributed by atoms with Gasteiger partial charge < -0.3 is 15.2 Å². The lowest BCUT2D eigenvalue weighted by Crippen LogP contribution is -2.34. The molecule has 1 aromatic rings. The van der Waals surface area contributed by atoms with Crippen LogP contribution in [0.5, 0.6) is 0 Å². The quantitative estimate of drug-likeness (QED) is 0.760. The molecule has 1 atom stereocenters. The predicted octanol–water partition coefficient (Wildman–Crippen LogP) is 1.51. The largest absolute Gasteiger partial charge is 0.396 e. The Labute approximate surface area is 129 Å². The number of hydrogen-bond donors (Lipinski definition) is 2. The van der Waals surface area contributed by atoms with Gasteiger partial charge >= 0.3 is 0 Å². The van der Waals surface area contributed by atoms with Crippen LogP contribution in [0.4, 0.5) is 5.69 Å². The highest BCUT2D eigenvalue weighted by molar-refractivity contribution is 6.33. The zero-order chi connectivity index (χ0) is 15.2. The minimum Gasteiger partial charge on any atom is -0.396 e. The molecule has 1 saturated carbocycles. The van der Waals surface area contributed by atoms with Crippen LogP contribution in [0.3, 0.4) is 0 Å². The van der Waals surface area contributed by atoms with E-state index in [-0.39, 0.29) is 18.2 Å². The van der Waals surface area contributed by atoms with Gasteiger partial charge in [-0.15, -0.1) is 0 Å². The zero-order valence-corrected chi connectivity index (χ0v) is 13.0. The third kappa shape index (κ3) is 4.18. The summed E-state index contributed by atoms with van der Waals surface area (Å²) in [6, 6.07) is -0.162. The molecular weight excluding hydrogens is 294 g/mol. The Bertz CT molecular complexity index is 511. The Morgan fingerprint density at radius 2 is 2.38 bits per heavy atom. The average Bonchev–Trinajstić information content (AvgIpc) is 2.41. The number of ether oxygens (including phenoxy) is 1. The summed E-state index contributed by atoms with van der Waals surface area (Å²) in [5.74, 6) is 0.538. The summed E-state index contributed by atoms with van der Waals surface area (Å²) in [5, 5.41) is 16.6. The van der Waals surface area contributed by atoms with Crippen LogP contribution >= 0.6 is 11.6 Å². The van der Waals surface area contributed by atoms with Crippen molar-refractivity contribution in [2.24, 2.45) is 5.92 Å². The number of rotatable bonds is 8. The van der Waals surface area contributed by atoms with Crippen molar-refractivity contribution in [3.8, 4) is 0 Å². The number of hydrogen-bond acceptors (Lipinski definition) is 5. The van der Waals surface area contributed by atoms with E-state index in [2.05, 4.69) is 10.4 Å². The Balaban J connectivity index is 2.16. The molecule has 6 nitrogen and oxygen atoms in total. The summed E-state index contributed by atoms with van der Waals surface area (Å²) in [5.41, 5.74) is 0.120. The summed E-state index contributed by atoms with van der Waals surface area (Å²) >= 11 is 6.09. The van der Waals surface area contributed by atoms with Gasteiger partial charge in [0.05, 0.1) is 23.9 Å². The van der Waals surface area contributed by atoms with Gasteiger partial charge in [-0.05, 0) is 25.2 Å². The third-order valence-electron chi connectivity index (χ3n) is 3.85. The highest BCUT2D eigenvalue weighted by Gasteiger charge is 2.21. The predicted molar refractivity (Wildman–Crippen MR) is 81.8 cm³/mol. The van der Waals surface area contributed by atoms with E-state index in [1.807, 2.05) is 0 Å². The van der Waals surface area contributed by atoms with E-state index in [1.54, 1.807) is 7.11 Å². The molecule has 1 aliphatic rings. The number of nitrogens with zero attached hydrogens (tertiary/aromatic N) is 2. The molecule has 7 heteroatoms. The molecule has 1 unspecified atom stereocenters. The number of aromatic nitrogens is 2. The summed E-state index contributed by atoms with van der Waals surface area (Å²) in [4.78, 5) is 12.5. The van der Waals surface area contributed by atoms with Gasteiger partial charge in [0.25, 0.3) is 5.56 Å². The maximum Gasteiger partial charge on any atom is 0.291 e. The van der Waals surface area contributed by atoms with Gasteiger partial charge in [-0.2, -0.15) is 5.10 Å². The van der Waals surface area contributed by atoms with Gasteiger partial charge in [0.15, 0.2) is 0 Å². The second-order valence-electron chi connectivity index (χ2n) is 5.46. The van der Waals surface area contributed by atoms with Crippen molar-refractivity contribution in [2.75, 3.05) is 25.6 Å². The van der Waals surface area contributed by atoms with Crippen LogP contribution in [0, 0.1) is 5.92 Å². The SMILES string of the molecule is COCC(CCO)Nc1c(Cl)cnn(CC2CCC2)c1=O. The Kier molecular flexibility index (Phi) is 6.02.